The van der Waals surface area contributed by atoms with Crippen LogP contribution in [0.2, 0.25) is 0 Å². The van der Waals surface area contributed by atoms with E-state index in [0.717, 1.165) is 0 Å². The maximum atomic E-state index is 5.61. The lowest BCUT2D eigenvalue weighted by molar-refractivity contribution is 0.148. The molecule has 1 aliphatic heterocycles. The van der Waals surface area contributed by atoms with Gasteiger partial charge in [0.15, 0.2) is 0 Å². The van der Waals surface area contributed by atoms with Crippen molar-refractivity contribution in [2.45, 2.75) is 43.6 Å². The lowest BCUT2D eigenvalue weighted by atomic mass is 9.62. The highest BCUT2D eigenvalue weighted by molar-refractivity contribution is 5.22. The molecule has 1 aromatic heterocycles. The van der Waals surface area contributed by atoms with Gasteiger partial charge >= 0.3 is 0 Å². The van der Waals surface area contributed by atoms with E-state index in [4.69, 9.17) is 4.42 Å². The van der Waals surface area contributed by atoms with Crippen LogP contribution in [0.3, 0.4) is 0 Å². The largest absolute Gasteiger partial charge is 0.469 e. The Balaban J connectivity index is 1.90. The number of rotatable bonds is 2. The molecule has 1 saturated carbocycles. The van der Waals surface area contributed by atoms with E-state index in [1.807, 2.05) is 12.3 Å². The Kier molecular flexibility index (Phi) is 1.91. The summed E-state index contributed by atoms with van der Waals surface area (Å²) in [7, 11) is 0. The van der Waals surface area contributed by atoms with Gasteiger partial charge in [-0.3, -0.25) is 0 Å². The molecule has 1 N–H and O–H groups in total. The lowest BCUT2D eigenvalue weighted by Crippen LogP contribution is -2.49. The number of hydrogen-bond acceptors (Lipinski definition) is 2. The normalized spacial score (nSPS) is 30.1. The Bertz CT molecular complexity index is 294. The van der Waals surface area contributed by atoms with Crippen molar-refractivity contribution in [1.29, 1.82) is 0 Å². The molecular weight excluding hydrogens is 174 g/mol. The quantitative estimate of drug-likeness (QED) is 0.776. The third-order valence-corrected chi connectivity index (χ3v) is 3.99. The molecule has 0 amide bonds. The molecule has 0 aromatic carbocycles. The van der Waals surface area contributed by atoms with Gasteiger partial charge in [0.05, 0.1) is 6.26 Å². The van der Waals surface area contributed by atoms with E-state index >= 15 is 0 Å². The van der Waals surface area contributed by atoms with E-state index in [1.54, 1.807) is 0 Å². The zero-order chi connectivity index (χ0) is 9.43. The summed E-state index contributed by atoms with van der Waals surface area (Å²) in [4.78, 5) is 0. The van der Waals surface area contributed by atoms with E-state index in [0.29, 0.717) is 11.5 Å². The summed E-state index contributed by atoms with van der Waals surface area (Å²) >= 11 is 0. The third-order valence-electron chi connectivity index (χ3n) is 3.99. The van der Waals surface area contributed by atoms with E-state index in [9.17, 15) is 0 Å². The van der Waals surface area contributed by atoms with Crippen LogP contribution >= 0.6 is 0 Å². The molecule has 1 saturated heterocycles. The Labute approximate surface area is 84.7 Å². The first-order valence-electron chi connectivity index (χ1n) is 5.69. The molecule has 2 heteroatoms. The first kappa shape index (κ1) is 8.54. The smallest absolute Gasteiger partial charge is 0.111 e. The topological polar surface area (TPSA) is 25.2 Å². The molecule has 1 aliphatic carbocycles. The highest BCUT2D eigenvalue weighted by Gasteiger charge is 2.48. The van der Waals surface area contributed by atoms with Gasteiger partial charge in [-0.25, -0.2) is 0 Å². The fraction of sp³-hybridized carbons (Fsp3) is 0.667. The first-order chi connectivity index (χ1) is 6.92. The molecule has 1 unspecified atom stereocenters. The Morgan fingerprint density at radius 3 is 2.79 bits per heavy atom. The van der Waals surface area contributed by atoms with E-state index in [2.05, 4.69) is 11.4 Å². The maximum Gasteiger partial charge on any atom is 0.111 e. The summed E-state index contributed by atoms with van der Waals surface area (Å²) in [6.07, 6.45) is 8.42. The van der Waals surface area contributed by atoms with E-state index < -0.39 is 0 Å². The lowest BCUT2D eigenvalue weighted by Gasteiger charge is -2.45. The second-order valence-electron chi connectivity index (χ2n) is 4.64. The first-order valence-corrected chi connectivity index (χ1v) is 5.69. The standard InChI is InChI=1S/C12H17NO/c1-4-10(13-8-1)12(6-3-7-12)11-5-2-9-14-11/h2,5,9-10,13H,1,3-4,6-8H2. The van der Waals surface area contributed by atoms with Crippen LogP contribution in [0.25, 0.3) is 0 Å². The van der Waals surface area contributed by atoms with Gasteiger partial charge in [0, 0.05) is 11.5 Å². The molecular formula is C12H17NO. The van der Waals surface area contributed by atoms with Crippen LogP contribution in [0.4, 0.5) is 0 Å². The van der Waals surface area contributed by atoms with Gasteiger partial charge < -0.3 is 9.73 Å². The van der Waals surface area contributed by atoms with Gasteiger partial charge in [0.25, 0.3) is 0 Å². The zero-order valence-electron chi connectivity index (χ0n) is 8.46. The van der Waals surface area contributed by atoms with Crippen LogP contribution in [0.15, 0.2) is 22.8 Å². The van der Waals surface area contributed by atoms with Gasteiger partial charge in [-0.15, -0.1) is 0 Å². The Morgan fingerprint density at radius 1 is 1.36 bits per heavy atom. The molecule has 2 nitrogen and oxygen atoms in total. The molecule has 76 valence electrons. The highest BCUT2D eigenvalue weighted by atomic mass is 16.3. The van der Waals surface area contributed by atoms with Crippen molar-refractivity contribution in [2.75, 3.05) is 6.54 Å². The summed E-state index contributed by atoms with van der Waals surface area (Å²) in [6, 6.07) is 4.84. The predicted octanol–water partition coefficient (Wildman–Crippen LogP) is 2.45. The van der Waals surface area contributed by atoms with Gasteiger partial charge in [-0.1, -0.05) is 6.42 Å². The molecule has 2 heterocycles. The van der Waals surface area contributed by atoms with Crippen molar-refractivity contribution in [2.24, 2.45) is 0 Å². The molecule has 14 heavy (non-hydrogen) atoms. The van der Waals surface area contributed by atoms with Crippen molar-refractivity contribution in [1.82, 2.24) is 5.32 Å². The molecule has 3 rings (SSSR count). The molecule has 0 spiro atoms. The molecule has 2 aliphatic rings. The molecule has 1 atom stereocenters. The average molecular weight is 191 g/mol. The zero-order valence-corrected chi connectivity index (χ0v) is 8.46. The second-order valence-corrected chi connectivity index (χ2v) is 4.64. The summed E-state index contributed by atoms with van der Waals surface area (Å²) in [5, 5.41) is 3.63. The molecule has 1 aromatic rings. The van der Waals surface area contributed by atoms with Gasteiger partial charge in [-0.05, 0) is 44.4 Å². The highest BCUT2D eigenvalue weighted by Crippen LogP contribution is 2.48. The predicted molar refractivity (Wildman–Crippen MR) is 55.3 cm³/mol. The van der Waals surface area contributed by atoms with Gasteiger partial charge in [-0.2, -0.15) is 0 Å². The Morgan fingerprint density at radius 2 is 2.29 bits per heavy atom. The van der Waals surface area contributed by atoms with Crippen molar-refractivity contribution in [3.63, 3.8) is 0 Å². The maximum absolute atomic E-state index is 5.61. The monoisotopic (exact) mass is 191 g/mol. The minimum atomic E-state index is 0.347. The van der Waals surface area contributed by atoms with Crippen LogP contribution < -0.4 is 5.32 Å². The van der Waals surface area contributed by atoms with E-state index in [-0.39, 0.29) is 0 Å². The van der Waals surface area contributed by atoms with Crippen LogP contribution in [0, 0.1) is 0 Å². The number of hydrogen-bond donors (Lipinski definition) is 1. The molecule has 0 bridgehead atoms. The fourth-order valence-corrected chi connectivity index (χ4v) is 3.04. The van der Waals surface area contributed by atoms with Crippen LogP contribution in [0.5, 0.6) is 0 Å². The number of furan rings is 1. The van der Waals surface area contributed by atoms with E-state index in [1.165, 1.54) is 44.4 Å². The summed E-state index contributed by atoms with van der Waals surface area (Å²) < 4.78 is 5.61. The van der Waals surface area contributed by atoms with Crippen LogP contribution in [-0.4, -0.2) is 12.6 Å². The number of nitrogens with one attached hydrogen (secondary N) is 1. The third kappa shape index (κ3) is 1.07. The van der Waals surface area contributed by atoms with Crippen LogP contribution in [-0.2, 0) is 5.41 Å². The minimum Gasteiger partial charge on any atom is -0.469 e. The summed E-state index contributed by atoms with van der Waals surface area (Å²) in [5.41, 5.74) is 0.347. The SMILES string of the molecule is c1coc(C2(C3CCCN3)CCC2)c1. The van der Waals surface area contributed by atoms with Crippen molar-refractivity contribution in [3.8, 4) is 0 Å². The van der Waals surface area contributed by atoms with Crippen LogP contribution in [0.1, 0.15) is 37.9 Å². The molecule has 0 radical (unpaired) electrons. The Hall–Kier alpha value is -0.760. The van der Waals surface area contributed by atoms with Crippen molar-refractivity contribution >= 4 is 0 Å². The fourth-order valence-electron chi connectivity index (χ4n) is 3.04. The summed E-state index contributed by atoms with van der Waals surface area (Å²) in [5.74, 6) is 1.21. The second kappa shape index (κ2) is 3.13. The van der Waals surface area contributed by atoms with Gasteiger partial charge in [0.1, 0.15) is 5.76 Å². The molecule has 2 fully saturated rings. The summed E-state index contributed by atoms with van der Waals surface area (Å²) in [6.45, 7) is 1.19. The van der Waals surface area contributed by atoms with Crippen molar-refractivity contribution in [3.05, 3.63) is 24.2 Å². The average Bonchev–Trinajstić information content (AvgIpc) is 2.71. The minimum absolute atomic E-state index is 0.347. The van der Waals surface area contributed by atoms with Gasteiger partial charge in [0.2, 0.25) is 0 Å². The van der Waals surface area contributed by atoms with Crippen molar-refractivity contribution < 1.29 is 4.42 Å².